The van der Waals surface area contributed by atoms with E-state index in [-0.39, 0.29) is 24.9 Å². The van der Waals surface area contributed by atoms with Crippen molar-refractivity contribution in [2.75, 3.05) is 6.61 Å². The average Bonchev–Trinajstić information content (AvgIpc) is 3.36. The monoisotopic (exact) mass is 1000 g/mol. The van der Waals surface area contributed by atoms with Gasteiger partial charge in [0.1, 0.15) is 6.10 Å². The van der Waals surface area contributed by atoms with Crippen LogP contribution in [0.1, 0.15) is 380 Å². The van der Waals surface area contributed by atoms with Gasteiger partial charge >= 0.3 is 5.97 Å². The van der Waals surface area contributed by atoms with E-state index in [1.807, 2.05) is 0 Å². The minimum atomic E-state index is -0.782. The molecule has 1 amide bonds. The van der Waals surface area contributed by atoms with Gasteiger partial charge in [0.15, 0.2) is 0 Å². The van der Waals surface area contributed by atoms with Crippen LogP contribution >= 0.6 is 0 Å². The van der Waals surface area contributed by atoms with Gasteiger partial charge in [0.25, 0.3) is 0 Å². The molecule has 0 fully saturated rings. The van der Waals surface area contributed by atoms with Gasteiger partial charge in [-0.2, -0.15) is 0 Å². The fourth-order valence-electron chi connectivity index (χ4n) is 10.7. The third-order valence-corrected chi connectivity index (χ3v) is 15.7. The Morgan fingerprint density at radius 1 is 0.352 bits per heavy atom. The van der Waals surface area contributed by atoms with Gasteiger partial charge in [0, 0.05) is 6.42 Å². The zero-order chi connectivity index (χ0) is 51.6. The van der Waals surface area contributed by atoms with Gasteiger partial charge in [-0.15, -0.1) is 0 Å². The summed E-state index contributed by atoms with van der Waals surface area (Å²) in [6.45, 7) is 6.56. The summed E-state index contributed by atoms with van der Waals surface area (Å²) in [5.74, 6) is -0.438. The zero-order valence-corrected chi connectivity index (χ0v) is 48.7. The van der Waals surface area contributed by atoms with Crippen molar-refractivity contribution in [1.29, 1.82) is 0 Å². The quantitative estimate of drug-likeness (QED) is 0.0417. The number of hydrogen-bond donors (Lipinski definition) is 3. The number of esters is 1. The molecule has 0 aliphatic heterocycles. The topological polar surface area (TPSA) is 95.9 Å². The zero-order valence-electron chi connectivity index (χ0n) is 48.7. The van der Waals surface area contributed by atoms with E-state index >= 15 is 0 Å². The molecule has 0 aliphatic carbocycles. The van der Waals surface area contributed by atoms with Gasteiger partial charge in [-0.3, -0.25) is 9.59 Å². The van der Waals surface area contributed by atoms with Crippen LogP contribution in [0.3, 0.4) is 0 Å². The maximum Gasteiger partial charge on any atom is 0.306 e. The minimum Gasteiger partial charge on any atom is -0.462 e. The van der Waals surface area contributed by atoms with Crippen molar-refractivity contribution in [3.63, 3.8) is 0 Å². The van der Waals surface area contributed by atoms with Crippen molar-refractivity contribution in [2.45, 2.75) is 399 Å². The molecule has 0 heterocycles. The molecule has 0 saturated carbocycles. The molecule has 0 bridgehead atoms. The minimum absolute atomic E-state index is 0.0894. The van der Waals surface area contributed by atoms with Crippen LogP contribution in [0.25, 0.3) is 0 Å². The molecule has 6 heteroatoms. The Hall–Kier alpha value is -1.14. The van der Waals surface area contributed by atoms with Crippen LogP contribution < -0.4 is 5.32 Å². The van der Waals surface area contributed by atoms with Crippen LogP contribution in [-0.2, 0) is 14.3 Å². The Morgan fingerprint density at radius 2 is 0.592 bits per heavy atom. The van der Waals surface area contributed by atoms with Gasteiger partial charge in [-0.25, -0.2) is 0 Å². The Labute approximate surface area is 445 Å². The second-order valence-electron chi connectivity index (χ2n) is 22.9. The van der Waals surface area contributed by atoms with Gasteiger partial charge in [-0.1, -0.05) is 342 Å². The summed E-state index contributed by atoms with van der Waals surface area (Å²) in [5.41, 5.74) is 0. The van der Waals surface area contributed by atoms with Crippen molar-refractivity contribution in [2.24, 2.45) is 0 Å². The van der Waals surface area contributed by atoms with Gasteiger partial charge < -0.3 is 20.3 Å². The summed E-state index contributed by atoms with van der Waals surface area (Å²) in [7, 11) is 0. The van der Waals surface area contributed by atoms with E-state index in [0.717, 1.165) is 38.5 Å². The number of nitrogens with one attached hydrogen (secondary N) is 1. The predicted octanol–water partition coefficient (Wildman–Crippen LogP) is 20.6. The Morgan fingerprint density at radius 3 is 0.859 bits per heavy atom. The Bertz CT molecular complexity index is 1040. The van der Waals surface area contributed by atoms with Crippen molar-refractivity contribution in [1.82, 2.24) is 5.32 Å². The first-order valence-electron chi connectivity index (χ1n) is 32.8. The number of amides is 1. The van der Waals surface area contributed by atoms with Crippen LogP contribution in [0.4, 0.5) is 0 Å². The van der Waals surface area contributed by atoms with Crippen molar-refractivity contribution in [3.8, 4) is 0 Å². The van der Waals surface area contributed by atoms with Gasteiger partial charge in [-0.05, 0) is 25.7 Å². The smallest absolute Gasteiger partial charge is 0.306 e. The van der Waals surface area contributed by atoms with Crippen LogP contribution in [0.15, 0.2) is 0 Å². The molecule has 3 N–H and O–H groups in total. The van der Waals surface area contributed by atoms with Crippen LogP contribution in [0.2, 0.25) is 0 Å². The van der Waals surface area contributed by atoms with E-state index in [9.17, 15) is 19.8 Å². The summed E-state index contributed by atoms with van der Waals surface area (Å²) in [6, 6.07) is -0.694. The summed E-state index contributed by atoms with van der Waals surface area (Å²) >= 11 is 0. The van der Waals surface area contributed by atoms with Gasteiger partial charge in [0.2, 0.25) is 5.91 Å². The lowest BCUT2D eigenvalue weighted by atomic mass is 10.0. The number of ether oxygens (including phenoxy) is 1. The SMILES string of the molecule is CCCCCCCCCCCCCCCCCCCCC(=O)OC(CCCCCCCCCCCCCCCCCCC)CC(=O)NC(CO)C(O)CCCCCCCCCCCCCCCCCCC. The van der Waals surface area contributed by atoms with E-state index < -0.39 is 18.2 Å². The summed E-state index contributed by atoms with van der Waals surface area (Å²) in [6.07, 6.45) is 69.0. The highest BCUT2D eigenvalue weighted by molar-refractivity contribution is 5.77. The molecular weight excluding hydrogens is 875 g/mol. The normalized spacial score (nSPS) is 12.9. The second kappa shape index (κ2) is 59.7. The molecule has 71 heavy (non-hydrogen) atoms. The maximum absolute atomic E-state index is 13.3. The molecule has 0 aromatic heterocycles. The number of aliphatic hydroxyl groups excluding tert-OH is 2. The molecular formula is C65H129NO5. The molecule has 6 nitrogen and oxygen atoms in total. The van der Waals surface area contributed by atoms with E-state index in [1.54, 1.807) is 0 Å². The summed E-state index contributed by atoms with van der Waals surface area (Å²) in [5, 5.41) is 24.0. The lowest BCUT2D eigenvalue weighted by molar-refractivity contribution is -0.151. The first kappa shape index (κ1) is 69.9. The van der Waals surface area contributed by atoms with Gasteiger partial charge in [0.05, 0.1) is 25.2 Å². The molecule has 0 saturated heterocycles. The van der Waals surface area contributed by atoms with Crippen LogP contribution in [0.5, 0.6) is 0 Å². The van der Waals surface area contributed by atoms with E-state index in [2.05, 4.69) is 26.1 Å². The number of carbonyl (C=O) groups excluding carboxylic acids is 2. The number of aliphatic hydroxyl groups is 2. The summed E-state index contributed by atoms with van der Waals surface area (Å²) < 4.78 is 6.00. The molecule has 0 aromatic carbocycles. The third-order valence-electron chi connectivity index (χ3n) is 15.7. The number of carbonyl (C=O) groups is 2. The standard InChI is InChI=1S/C65H129NO5/c1-4-7-10-13-16-19-22-25-28-31-34-37-40-43-46-49-52-55-58-65(70)71-61(56-53-50-47-44-41-38-35-32-29-26-23-20-17-14-11-8-5-2)59-64(69)66-62(60-67)63(68)57-54-51-48-45-42-39-36-33-30-27-24-21-18-15-12-9-6-3/h61-63,67-68H,4-60H2,1-3H3,(H,66,69). The maximum atomic E-state index is 13.3. The molecule has 0 aromatic rings. The fourth-order valence-corrected chi connectivity index (χ4v) is 10.7. The average molecular weight is 1000 g/mol. The first-order valence-corrected chi connectivity index (χ1v) is 32.8. The van der Waals surface area contributed by atoms with Crippen LogP contribution in [0, 0.1) is 0 Å². The Kier molecular flexibility index (Phi) is 58.8. The highest BCUT2D eigenvalue weighted by Gasteiger charge is 2.24. The molecule has 0 spiro atoms. The number of hydrogen-bond acceptors (Lipinski definition) is 5. The fraction of sp³-hybridized carbons (Fsp3) is 0.969. The lowest BCUT2D eigenvalue weighted by Crippen LogP contribution is -2.46. The lowest BCUT2D eigenvalue weighted by Gasteiger charge is -2.24. The largest absolute Gasteiger partial charge is 0.462 e. The van der Waals surface area contributed by atoms with E-state index in [0.29, 0.717) is 19.3 Å². The molecule has 424 valence electrons. The molecule has 0 aliphatic rings. The van der Waals surface area contributed by atoms with Crippen LogP contribution in [-0.4, -0.2) is 46.9 Å². The molecule has 3 atom stereocenters. The van der Waals surface area contributed by atoms with E-state index in [1.165, 1.54) is 295 Å². The van der Waals surface area contributed by atoms with Crippen molar-refractivity contribution in [3.05, 3.63) is 0 Å². The first-order chi connectivity index (χ1) is 35.0. The van der Waals surface area contributed by atoms with Crippen molar-refractivity contribution >= 4 is 11.9 Å². The second-order valence-corrected chi connectivity index (χ2v) is 22.9. The highest BCUT2D eigenvalue weighted by Crippen LogP contribution is 2.20. The Balaban J connectivity index is 4.45. The summed E-state index contributed by atoms with van der Waals surface area (Å²) in [4.78, 5) is 26.4. The number of unbranched alkanes of at least 4 members (excludes halogenated alkanes) is 49. The third kappa shape index (κ3) is 54.9. The highest BCUT2D eigenvalue weighted by atomic mass is 16.5. The molecule has 0 rings (SSSR count). The molecule has 0 radical (unpaired) electrons. The molecule has 3 unspecified atom stereocenters. The van der Waals surface area contributed by atoms with E-state index in [4.69, 9.17) is 4.74 Å². The van der Waals surface area contributed by atoms with Crippen molar-refractivity contribution < 1.29 is 24.5 Å². The number of rotatable bonds is 61. The predicted molar refractivity (Wildman–Crippen MR) is 310 cm³/mol.